The molecule has 0 radical (unpaired) electrons. The Morgan fingerprint density at radius 1 is 1.17 bits per heavy atom. The number of fused-ring (bicyclic) bond motifs is 1. The molecular weight excluding hydrogens is 328 g/mol. The molecule has 0 aromatic carbocycles. The third kappa shape index (κ3) is 2.45. The Bertz CT molecular complexity index is 635. The second-order valence-electron chi connectivity index (χ2n) is 6.75. The number of hydrogen-bond donors (Lipinski definition) is 0. The van der Waals surface area contributed by atoms with Crippen molar-refractivity contribution < 1.29 is 36.8 Å². The van der Waals surface area contributed by atoms with Crippen LogP contribution in [0.2, 0.25) is 0 Å². The molecule has 5 unspecified atom stereocenters. The molecule has 0 amide bonds. The maximum absolute atomic E-state index is 12.3. The van der Waals surface area contributed by atoms with Crippen LogP contribution < -0.4 is 0 Å². The molecule has 0 aromatic rings. The lowest BCUT2D eigenvalue weighted by atomic mass is 9.87. The predicted octanol–water partition coefficient (Wildman–Crippen LogP) is -0.285. The summed E-state index contributed by atoms with van der Waals surface area (Å²) in [5.74, 6) is -1.37. The van der Waals surface area contributed by atoms with Gasteiger partial charge in [-0.2, -0.15) is 0 Å². The number of rotatable bonds is 3. The average molecular weight is 345 g/mol. The second-order valence-corrected chi connectivity index (χ2v) is 8.40. The number of carbonyl (C=O) groups excluding carboxylic acids is 2. The molecule has 4 aliphatic rings. The molecule has 5 atom stereocenters. The van der Waals surface area contributed by atoms with E-state index in [1.165, 1.54) is 0 Å². The lowest BCUT2D eigenvalue weighted by Gasteiger charge is -2.30. The van der Waals surface area contributed by atoms with Gasteiger partial charge in [-0.3, -0.25) is 9.59 Å². The van der Waals surface area contributed by atoms with Gasteiger partial charge in [0.25, 0.3) is 0 Å². The summed E-state index contributed by atoms with van der Waals surface area (Å²) >= 11 is 0. The van der Waals surface area contributed by atoms with Crippen molar-refractivity contribution in [3.63, 3.8) is 0 Å². The normalized spacial score (nSPS) is 45.1. The maximum Gasteiger partial charge on any atom is 0.312 e. The van der Waals surface area contributed by atoms with Crippen molar-refractivity contribution in [2.45, 2.75) is 61.8 Å². The van der Waals surface area contributed by atoms with Crippen molar-refractivity contribution in [1.29, 1.82) is 0 Å². The molecule has 3 saturated heterocycles. The summed E-state index contributed by atoms with van der Waals surface area (Å²) in [7, 11) is -4.30. The molecule has 4 fully saturated rings. The van der Waals surface area contributed by atoms with Gasteiger partial charge in [-0.1, -0.05) is 0 Å². The van der Waals surface area contributed by atoms with Crippen LogP contribution in [0.3, 0.4) is 0 Å². The van der Waals surface area contributed by atoms with Gasteiger partial charge in [-0.05, 0) is 32.1 Å². The van der Waals surface area contributed by atoms with Crippen LogP contribution in [0.25, 0.3) is 0 Å². The van der Waals surface area contributed by atoms with Gasteiger partial charge >= 0.3 is 11.9 Å². The van der Waals surface area contributed by atoms with Crippen LogP contribution in [0.1, 0.15) is 32.1 Å². The van der Waals surface area contributed by atoms with Crippen molar-refractivity contribution in [2.75, 3.05) is 0 Å². The highest BCUT2D eigenvalue weighted by atomic mass is 32.2. The molecule has 0 N–H and O–H groups in total. The highest BCUT2D eigenvalue weighted by molar-refractivity contribution is 7.86. The zero-order valence-corrected chi connectivity index (χ0v) is 13.1. The largest absolute Gasteiger partial charge is 0.748 e. The first kappa shape index (κ1) is 15.3. The Balaban J connectivity index is 1.36. The van der Waals surface area contributed by atoms with Gasteiger partial charge in [0.05, 0.1) is 28.1 Å². The van der Waals surface area contributed by atoms with Crippen molar-refractivity contribution in [3.8, 4) is 0 Å². The van der Waals surface area contributed by atoms with E-state index in [1.54, 1.807) is 0 Å². The third-order valence-electron chi connectivity index (χ3n) is 5.45. The Kier molecular flexibility index (Phi) is 3.44. The molecule has 128 valence electrons. The van der Waals surface area contributed by atoms with E-state index in [0.717, 1.165) is 0 Å². The highest BCUT2D eigenvalue weighted by Gasteiger charge is 2.65. The van der Waals surface area contributed by atoms with Gasteiger partial charge < -0.3 is 18.8 Å². The first-order valence-electron chi connectivity index (χ1n) is 7.86. The average Bonchev–Trinajstić information content (AvgIpc) is 3.11. The zero-order chi connectivity index (χ0) is 16.4. The van der Waals surface area contributed by atoms with Gasteiger partial charge in [-0.25, -0.2) is 8.42 Å². The van der Waals surface area contributed by atoms with Gasteiger partial charge in [0.1, 0.15) is 6.10 Å². The van der Waals surface area contributed by atoms with Crippen LogP contribution in [0.5, 0.6) is 0 Å². The number of carbonyl (C=O) groups is 2. The standard InChI is InChI=1S/C14H18O8S/c15-13(6-1-3-7(4-2-6)23(17,18)19)21-11-9-5-8-10(20-9)12(11)22-14(8)16/h6-12H,1-5H2,(H,17,18,19)/p-1. The minimum Gasteiger partial charge on any atom is -0.748 e. The highest BCUT2D eigenvalue weighted by Crippen LogP contribution is 2.47. The lowest BCUT2D eigenvalue weighted by Crippen LogP contribution is -2.42. The van der Waals surface area contributed by atoms with Crippen LogP contribution in [0, 0.1) is 11.8 Å². The molecule has 23 heavy (non-hydrogen) atoms. The van der Waals surface area contributed by atoms with Crippen LogP contribution >= 0.6 is 0 Å². The summed E-state index contributed by atoms with van der Waals surface area (Å²) in [5.41, 5.74) is 0. The van der Waals surface area contributed by atoms with E-state index in [2.05, 4.69) is 0 Å². The fraction of sp³-hybridized carbons (Fsp3) is 0.857. The zero-order valence-electron chi connectivity index (χ0n) is 12.3. The SMILES string of the molecule is O=C(OC1C2CC3C(=O)OC1C3O2)C1CCC(S(=O)(=O)[O-])CC1. The summed E-state index contributed by atoms with van der Waals surface area (Å²) < 4.78 is 49.4. The topological polar surface area (TPSA) is 119 Å². The molecule has 3 heterocycles. The van der Waals surface area contributed by atoms with Crippen molar-refractivity contribution in [3.05, 3.63) is 0 Å². The van der Waals surface area contributed by atoms with Crippen LogP contribution in [0.4, 0.5) is 0 Å². The molecule has 1 saturated carbocycles. The fourth-order valence-electron chi connectivity index (χ4n) is 4.20. The smallest absolute Gasteiger partial charge is 0.312 e. The molecule has 4 rings (SSSR count). The van der Waals surface area contributed by atoms with E-state index < -0.39 is 39.5 Å². The second kappa shape index (κ2) is 5.15. The third-order valence-corrected chi connectivity index (χ3v) is 6.74. The van der Waals surface area contributed by atoms with Crippen LogP contribution in [-0.2, 0) is 33.9 Å². The summed E-state index contributed by atoms with van der Waals surface area (Å²) in [6.07, 6.45) is -0.197. The molecule has 3 aliphatic heterocycles. The van der Waals surface area contributed by atoms with Crippen molar-refractivity contribution in [1.82, 2.24) is 0 Å². The minimum atomic E-state index is -4.30. The van der Waals surface area contributed by atoms with E-state index in [0.29, 0.717) is 19.3 Å². The Hall–Kier alpha value is -1.19. The van der Waals surface area contributed by atoms with Crippen molar-refractivity contribution in [2.24, 2.45) is 11.8 Å². The molecule has 8 nitrogen and oxygen atoms in total. The van der Waals surface area contributed by atoms with Gasteiger partial charge in [0.15, 0.2) is 12.2 Å². The molecular formula is C14H17O8S-. The summed E-state index contributed by atoms with van der Waals surface area (Å²) in [4.78, 5) is 23.9. The van der Waals surface area contributed by atoms with E-state index in [4.69, 9.17) is 14.2 Å². The minimum absolute atomic E-state index is 0.180. The van der Waals surface area contributed by atoms with Crippen LogP contribution in [-0.4, -0.2) is 54.6 Å². The summed E-state index contributed by atoms with van der Waals surface area (Å²) in [6, 6.07) is 0. The monoisotopic (exact) mass is 345 g/mol. The van der Waals surface area contributed by atoms with E-state index in [-0.39, 0.29) is 36.9 Å². The maximum atomic E-state index is 12.3. The predicted molar refractivity (Wildman–Crippen MR) is 72.0 cm³/mol. The van der Waals surface area contributed by atoms with Gasteiger partial charge in [0, 0.05) is 5.25 Å². The molecule has 2 bridgehead atoms. The van der Waals surface area contributed by atoms with Crippen molar-refractivity contribution >= 4 is 22.1 Å². The first-order chi connectivity index (χ1) is 10.8. The quantitative estimate of drug-likeness (QED) is 0.506. The molecule has 9 heteroatoms. The van der Waals surface area contributed by atoms with E-state index >= 15 is 0 Å². The van der Waals surface area contributed by atoms with Gasteiger partial charge in [0.2, 0.25) is 0 Å². The van der Waals surface area contributed by atoms with Gasteiger partial charge in [-0.15, -0.1) is 0 Å². The Labute approximate surface area is 133 Å². The summed E-state index contributed by atoms with van der Waals surface area (Å²) in [6.45, 7) is 0. The van der Waals surface area contributed by atoms with E-state index in [1.807, 2.05) is 0 Å². The fourth-order valence-corrected chi connectivity index (χ4v) is 5.05. The number of hydrogen-bond acceptors (Lipinski definition) is 8. The lowest BCUT2D eigenvalue weighted by molar-refractivity contribution is -0.165. The summed E-state index contributed by atoms with van der Waals surface area (Å²) in [5, 5.41) is -0.908. The molecule has 0 aromatic heterocycles. The Morgan fingerprint density at radius 3 is 2.52 bits per heavy atom. The molecule has 0 spiro atoms. The number of ether oxygens (including phenoxy) is 3. The van der Waals surface area contributed by atoms with Crippen LogP contribution in [0.15, 0.2) is 0 Å². The first-order valence-corrected chi connectivity index (χ1v) is 9.33. The van der Waals surface area contributed by atoms with E-state index in [9.17, 15) is 22.6 Å². The number of esters is 2. The molecule has 1 aliphatic carbocycles. The Morgan fingerprint density at radius 2 is 1.87 bits per heavy atom.